The van der Waals surface area contributed by atoms with Crippen LogP contribution in [0.3, 0.4) is 0 Å². The lowest BCUT2D eigenvalue weighted by Crippen LogP contribution is -2.34. The van der Waals surface area contributed by atoms with E-state index in [2.05, 4.69) is 31.4 Å². The molecular weight excluding hydrogens is 424 g/mol. The molecule has 0 radical (unpaired) electrons. The SMILES string of the molecule is CC1(NS(=O)(=O)c2cnc(-c3c(C#N)c4cc(C5CC5)cnc4n3C3CCC3)nc2)CC1. The fourth-order valence-electron chi connectivity index (χ4n) is 4.43. The molecular formula is C23H24N6O2S. The maximum atomic E-state index is 12.7. The average Bonchev–Trinajstić information content (AvgIpc) is 3.66. The largest absolute Gasteiger partial charge is 0.318 e. The van der Waals surface area contributed by atoms with E-state index >= 15 is 0 Å². The number of pyridine rings is 1. The first-order valence-corrected chi connectivity index (χ1v) is 12.7. The van der Waals surface area contributed by atoms with Crippen molar-refractivity contribution < 1.29 is 8.42 Å². The molecule has 3 aromatic heterocycles. The Morgan fingerprint density at radius 1 is 1.12 bits per heavy atom. The van der Waals surface area contributed by atoms with Crippen LogP contribution in [0.25, 0.3) is 22.6 Å². The molecule has 0 aliphatic heterocycles. The predicted octanol–water partition coefficient (Wildman–Crippen LogP) is 3.80. The summed E-state index contributed by atoms with van der Waals surface area (Å²) in [5.74, 6) is 0.895. The van der Waals surface area contributed by atoms with Gasteiger partial charge in [0.15, 0.2) is 5.82 Å². The van der Waals surface area contributed by atoms with Crippen LogP contribution in [-0.2, 0) is 10.0 Å². The minimum atomic E-state index is -3.68. The number of nitriles is 1. The molecule has 0 amide bonds. The molecule has 0 aromatic carbocycles. The highest BCUT2D eigenvalue weighted by atomic mass is 32.2. The van der Waals surface area contributed by atoms with Gasteiger partial charge in [-0.2, -0.15) is 5.26 Å². The summed E-state index contributed by atoms with van der Waals surface area (Å²) in [5, 5.41) is 10.9. The summed E-state index contributed by atoms with van der Waals surface area (Å²) < 4.78 is 30.2. The van der Waals surface area contributed by atoms with Gasteiger partial charge < -0.3 is 4.57 Å². The number of nitrogens with one attached hydrogen (secondary N) is 1. The van der Waals surface area contributed by atoms with E-state index in [4.69, 9.17) is 4.98 Å². The van der Waals surface area contributed by atoms with Crippen molar-refractivity contribution in [2.45, 2.75) is 74.3 Å². The van der Waals surface area contributed by atoms with E-state index in [0.29, 0.717) is 23.0 Å². The predicted molar refractivity (Wildman–Crippen MR) is 118 cm³/mol. The molecule has 9 heteroatoms. The molecule has 1 N–H and O–H groups in total. The molecule has 3 fully saturated rings. The monoisotopic (exact) mass is 448 g/mol. The van der Waals surface area contributed by atoms with Crippen LogP contribution in [0.5, 0.6) is 0 Å². The topological polar surface area (TPSA) is 114 Å². The summed E-state index contributed by atoms with van der Waals surface area (Å²) in [6, 6.07) is 4.70. The first-order valence-electron chi connectivity index (χ1n) is 11.2. The molecule has 0 bridgehead atoms. The zero-order chi connectivity index (χ0) is 22.1. The summed E-state index contributed by atoms with van der Waals surface area (Å²) in [5.41, 5.74) is 2.75. The molecule has 3 aromatic rings. The fourth-order valence-corrected chi connectivity index (χ4v) is 5.78. The molecule has 8 nitrogen and oxygen atoms in total. The Labute approximate surface area is 186 Å². The van der Waals surface area contributed by atoms with Crippen molar-refractivity contribution in [1.29, 1.82) is 5.26 Å². The molecule has 0 atom stereocenters. The number of fused-ring (bicyclic) bond motifs is 1. The van der Waals surface area contributed by atoms with Gasteiger partial charge in [-0.05, 0) is 69.4 Å². The normalized spacial score (nSPS) is 20.1. The standard InChI is InChI=1S/C23H24N6O2S/c1-23(7-8-23)28-32(30,31)17-12-25-21(26-13-17)20-19(10-24)18-9-15(14-5-6-14)11-27-22(18)29(20)16-3-2-4-16/h9,11-14,16,28H,2-8H2,1H3. The number of hydrogen-bond donors (Lipinski definition) is 1. The lowest BCUT2D eigenvalue weighted by atomic mass is 9.92. The molecule has 32 heavy (non-hydrogen) atoms. The number of nitrogens with zero attached hydrogens (tertiary/aromatic N) is 5. The zero-order valence-corrected chi connectivity index (χ0v) is 18.7. The molecule has 3 aliphatic rings. The van der Waals surface area contributed by atoms with E-state index in [0.717, 1.165) is 56.0 Å². The maximum Gasteiger partial charge on any atom is 0.244 e. The van der Waals surface area contributed by atoms with Gasteiger partial charge in [0.25, 0.3) is 0 Å². The molecule has 3 saturated carbocycles. The molecule has 0 spiro atoms. The Bertz CT molecular complexity index is 1370. The Hall–Kier alpha value is -2.83. The highest BCUT2D eigenvalue weighted by Crippen LogP contribution is 2.44. The third kappa shape index (κ3) is 3.21. The summed E-state index contributed by atoms with van der Waals surface area (Å²) in [6.07, 6.45) is 11.8. The second-order valence-corrected chi connectivity index (χ2v) is 11.3. The summed E-state index contributed by atoms with van der Waals surface area (Å²) in [4.78, 5) is 13.6. The third-order valence-corrected chi connectivity index (χ3v) is 8.59. The van der Waals surface area contributed by atoms with E-state index in [9.17, 15) is 13.7 Å². The van der Waals surface area contributed by atoms with Crippen molar-refractivity contribution in [2.75, 3.05) is 0 Å². The van der Waals surface area contributed by atoms with Crippen LogP contribution in [0.2, 0.25) is 0 Å². The smallest absolute Gasteiger partial charge is 0.244 e. The van der Waals surface area contributed by atoms with Crippen molar-refractivity contribution in [2.24, 2.45) is 0 Å². The van der Waals surface area contributed by atoms with E-state index in [1.165, 1.54) is 18.0 Å². The number of hydrogen-bond acceptors (Lipinski definition) is 6. The first-order chi connectivity index (χ1) is 15.4. The van der Waals surface area contributed by atoms with Gasteiger partial charge in [-0.3, -0.25) is 0 Å². The van der Waals surface area contributed by atoms with Crippen molar-refractivity contribution in [3.05, 3.63) is 35.8 Å². The van der Waals surface area contributed by atoms with E-state index in [1.54, 1.807) is 0 Å². The Morgan fingerprint density at radius 3 is 2.41 bits per heavy atom. The molecule has 0 unspecified atom stereocenters. The van der Waals surface area contributed by atoms with Gasteiger partial charge in [-0.25, -0.2) is 28.1 Å². The first kappa shape index (κ1) is 19.8. The van der Waals surface area contributed by atoms with Gasteiger partial charge in [-0.15, -0.1) is 0 Å². The second-order valence-electron chi connectivity index (χ2n) is 9.61. The van der Waals surface area contributed by atoms with E-state index < -0.39 is 10.0 Å². The third-order valence-electron chi connectivity index (χ3n) is 6.99. The minimum Gasteiger partial charge on any atom is -0.318 e. The second kappa shape index (κ2) is 6.83. The van der Waals surface area contributed by atoms with Gasteiger partial charge in [0.2, 0.25) is 10.0 Å². The van der Waals surface area contributed by atoms with Crippen LogP contribution in [0.15, 0.2) is 29.6 Å². The van der Waals surface area contributed by atoms with Crippen LogP contribution in [0.1, 0.15) is 75.0 Å². The zero-order valence-electron chi connectivity index (χ0n) is 17.9. The molecule has 0 saturated heterocycles. The van der Waals surface area contributed by atoms with Crippen LogP contribution in [-0.4, -0.2) is 33.5 Å². The van der Waals surface area contributed by atoms with E-state index in [-0.39, 0.29) is 16.5 Å². The number of rotatable bonds is 6. The van der Waals surface area contributed by atoms with Gasteiger partial charge in [0.05, 0.1) is 18.0 Å². The van der Waals surface area contributed by atoms with Gasteiger partial charge in [0, 0.05) is 23.2 Å². The lowest BCUT2D eigenvalue weighted by molar-refractivity contribution is 0.322. The van der Waals surface area contributed by atoms with E-state index in [1.807, 2.05) is 13.1 Å². The highest BCUT2D eigenvalue weighted by molar-refractivity contribution is 7.89. The van der Waals surface area contributed by atoms with Gasteiger partial charge in [0.1, 0.15) is 22.3 Å². The van der Waals surface area contributed by atoms with Gasteiger partial charge in [-0.1, -0.05) is 0 Å². The van der Waals surface area contributed by atoms with Crippen LogP contribution in [0.4, 0.5) is 0 Å². The Morgan fingerprint density at radius 2 is 1.84 bits per heavy atom. The maximum absolute atomic E-state index is 12.7. The molecule has 6 rings (SSSR count). The quantitative estimate of drug-likeness (QED) is 0.614. The average molecular weight is 449 g/mol. The molecule has 3 aliphatic carbocycles. The van der Waals surface area contributed by atoms with Crippen LogP contribution < -0.4 is 4.72 Å². The highest BCUT2D eigenvalue weighted by Gasteiger charge is 2.41. The summed E-state index contributed by atoms with van der Waals surface area (Å²) in [7, 11) is -3.68. The minimum absolute atomic E-state index is 0.0355. The van der Waals surface area contributed by atoms with Crippen molar-refractivity contribution in [3.8, 4) is 17.6 Å². The summed E-state index contributed by atoms with van der Waals surface area (Å²) >= 11 is 0. The van der Waals surface area contributed by atoms with Crippen molar-refractivity contribution >= 4 is 21.1 Å². The Kier molecular flexibility index (Phi) is 4.23. The van der Waals surface area contributed by atoms with Gasteiger partial charge >= 0.3 is 0 Å². The van der Waals surface area contributed by atoms with Crippen molar-refractivity contribution in [3.63, 3.8) is 0 Å². The van der Waals surface area contributed by atoms with Crippen LogP contribution >= 0.6 is 0 Å². The van der Waals surface area contributed by atoms with Crippen LogP contribution in [0, 0.1) is 11.3 Å². The van der Waals surface area contributed by atoms with Crippen molar-refractivity contribution in [1.82, 2.24) is 24.2 Å². The fraction of sp³-hybridized carbons (Fsp3) is 0.478. The number of aromatic nitrogens is 4. The molecule has 3 heterocycles. The Balaban J connectivity index is 1.47. The lowest BCUT2D eigenvalue weighted by Gasteiger charge is -2.29. The molecule has 164 valence electrons. The number of sulfonamides is 1. The summed E-state index contributed by atoms with van der Waals surface area (Å²) in [6.45, 7) is 1.89.